The molecule has 1 saturated heterocycles. The molecule has 172 valence electrons. The van der Waals surface area contributed by atoms with E-state index in [4.69, 9.17) is 10.00 Å². The van der Waals surface area contributed by atoms with Crippen molar-refractivity contribution in [3.8, 4) is 6.07 Å². The quantitative estimate of drug-likeness (QED) is 0.436. The monoisotopic (exact) mass is 440 g/mol. The standard InChI is InChI=1S/C23H32N6O3/c1-4-5-6-7-21(31)32-16-29-13-10-18-22(25-15-26-23(18)29)27(3)19-14-28(12-9-17(19)2)20(30)8-11-24/h10,13,15,17,19H,4-9,12,14,16H2,1-3H3/t17-,19+/m1/s1. The van der Waals surface area contributed by atoms with E-state index in [1.54, 1.807) is 9.47 Å². The van der Waals surface area contributed by atoms with Crippen molar-refractivity contribution < 1.29 is 14.3 Å². The number of carbonyl (C=O) groups is 2. The van der Waals surface area contributed by atoms with Crippen LogP contribution in [-0.2, 0) is 21.1 Å². The second-order valence-electron chi connectivity index (χ2n) is 8.44. The summed E-state index contributed by atoms with van der Waals surface area (Å²) < 4.78 is 7.22. The lowest BCUT2D eigenvalue weighted by molar-refractivity contribution is -0.147. The van der Waals surface area contributed by atoms with Gasteiger partial charge in [0.25, 0.3) is 0 Å². The molecule has 9 heteroatoms. The molecule has 3 heterocycles. The lowest BCUT2D eigenvalue weighted by Crippen LogP contribution is -2.52. The van der Waals surface area contributed by atoms with Gasteiger partial charge in [0, 0.05) is 32.8 Å². The van der Waals surface area contributed by atoms with E-state index in [1.807, 2.05) is 25.4 Å². The molecule has 1 aliphatic heterocycles. The zero-order valence-electron chi connectivity index (χ0n) is 19.2. The van der Waals surface area contributed by atoms with Crippen molar-refractivity contribution >= 4 is 28.7 Å². The highest BCUT2D eigenvalue weighted by Gasteiger charge is 2.32. The highest BCUT2D eigenvalue weighted by Crippen LogP contribution is 2.29. The number of esters is 1. The molecule has 0 spiro atoms. The molecular weight excluding hydrogens is 408 g/mol. The molecule has 3 rings (SSSR count). The summed E-state index contributed by atoms with van der Waals surface area (Å²) in [6, 6.07) is 3.95. The van der Waals surface area contributed by atoms with Crippen molar-refractivity contribution in [1.29, 1.82) is 5.26 Å². The number of likely N-dealkylation sites (N-methyl/N-ethyl adjacent to an activating group) is 1. The van der Waals surface area contributed by atoms with Crippen molar-refractivity contribution in [2.75, 3.05) is 25.0 Å². The molecule has 0 unspecified atom stereocenters. The maximum absolute atomic E-state index is 12.2. The van der Waals surface area contributed by atoms with Crippen LogP contribution in [0.3, 0.4) is 0 Å². The fourth-order valence-electron chi connectivity index (χ4n) is 4.22. The highest BCUT2D eigenvalue weighted by atomic mass is 16.5. The number of anilines is 1. The van der Waals surface area contributed by atoms with Crippen LogP contribution in [0.5, 0.6) is 0 Å². The van der Waals surface area contributed by atoms with Crippen LogP contribution in [0, 0.1) is 17.2 Å². The van der Waals surface area contributed by atoms with E-state index in [0.29, 0.717) is 31.1 Å². The van der Waals surface area contributed by atoms with E-state index in [-0.39, 0.29) is 31.1 Å². The molecular formula is C23H32N6O3. The average Bonchev–Trinajstić information content (AvgIpc) is 3.21. The zero-order valence-corrected chi connectivity index (χ0v) is 19.2. The Kier molecular flexibility index (Phi) is 8.03. The van der Waals surface area contributed by atoms with Crippen molar-refractivity contribution in [2.24, 2.45) is 5.92 Å². The number of rotatable bonds is 9. The average molecular weight is 441 g/mol. The number of piperidine rings is 1. The Morgan fingerprint density at radius 3 is 2.91 bits per heavy atom. The SMILES string of the molecule is CCCCCC(=O)OCn1ccc2c(N(C)[C@H]3CN(C(=O)CC#N)CC[C@H]3C)ncnc21. The van der Waals surface area contributed by atoms with Gasteiger partial charge >= 0.3 is 5.97 Å². The topological polar surface area (TPSA) is 104 Å². The molecule has 0 saturated carbocycles. The fourth-order valence-corrected chi connectivity index (χ4v) is 4.22. The summed E-state index contributed by atoms with van der Waals surface area (Å²) in [5.74, 6) is 0.805. The van der Waals surface area contributed by atoms with Gasteiger partial charge in [0.05, 0.1) is 17.5 Å². The summed E-state index contributed by atoms with van der Waals surface area (Å²) in [6.07, 6.45) is 7.49. The lowest BCUT2D eigenvalue weighted by Gasteiger charge is -2.42. The number of likely N-dealkylation sites (tertiary alicyclic amines) is 1. The molecule has 0 bridgehead atoms. The number of unbranched alkanes of at least 4 members (excludes halogenated alkanes) is 2. The van der Waals surface area contributed by atoms with Crippen LogP contribution in [0.2, 0.25) is 0 Å². The van der Waals surface area contributed by atoms with Crippen LogP contribution in [-0.4, -0.2) is 57.5 Å². The first-order chi connectivity index (χ1) is 15.5. The van der Waals surface area contributed by atoms with Gasteiger partial charge in [-0.1, -0.05) is 26.7 Å². The van der Waals surface area contributed by atoms with E-state index in [9.17, 15) is 9.59 Å². The molecule has 2 aromatic rings. The number of fused-ring (bicyclic) bond motifs is 1. The van der Waals surface area contributed by atoms with Crippen molar-refractivity contribution in [3.63, 3.8) is 0 Å². The van der Waals surface area contributed by atoms with Gasteiger partial charge in [-0.25, -0.2) is 9.97 Å². The summed E-state index contributed by atoms with van der Waals surface area (Å²) in [7, 11) is 1.98. The number of carbonyl (C=O) groups excluding carboxylic acids is 2. The first-order valence-corrected chi connectivity index (χ1v) is 11.3. The summed E-state index contributed by atoms with van der Waals surface area (Å²) in [5, 5.41) is 9.73. The number of aromatic nitrogens is 3. The molecule has 0 aromatic carbocycles. The van der Waals surface area contributed by atoms with Gasteiger partial charge in [-0.2, -0.15) is 5.26 Å². The molecule has 0 aliphatic carbocycles. The van der Waals surface area contributed by atoms with E-state index in [1.165, 1.54) is 6.33 Å². The van der Waals surface area contributed by atoms with E-state index < -0.39 is 0 Å². The third-order valence-electron chi connectivity index (χ3n) is 6.22. The smallest absolute Gasteiger partial charge is 0.307 e. The van der Waals surface area contributed by atoms with Crippen molar-refractivity contribution in [3.05, 3.63) is 18.6 Å². The second kappa shape index (κ2) is 10.9. The van der Waals surface area contributed by atoms with Crippen molar-refractivity contribution in [1.82, 2.24) is 19.4 Å². The molecule has 0 N–H and O–H groups in total. The van der Waals surface area contributed by atoms with Gasteiger partial charge in [0.15, 0.2) is 6.73 Å². The van der Waals surface area contributed by atoms with E-state index in [0.717, 1.165) is 36.9 Å². The van der Waals surface area contributed by atoms with Gasteiger partial charge < -0.3 is 14.5 Å². The van der Waals surface area contributed by atoms with Gasteiger partial charge in [-0.3, -0.25) is 14.2 Å². The third-order valence-corrected chi connectivity index (χ3v) is 6.22. The van der Waals surface area contributed by atoms with Crippen LogP contribution in [0.25, 0.3) is 11.0 Å². The number of hydrogen-bond acceptors (Lipinski definition) is 7. The van der Waals surface area contributed by atoms with Gasteiger partial charge in [0.1, 0.15) is 24.2 Å². The largest absolute Gasteiger partial charge is 0.444 e. The minimum atomic E-state index is -0.204. The second-order valence-corrected chi connectivity index (χ2v) is 8.44. The van der Waals surface area contributed by atoms with Gasteiger partial charge in [-0.05, 0) is 24.8 Å². The number of nitrogens with zero attached hydrogens (tertiary/aromatic N) is 6. The lowest BCUT2D eigenvalue weighted by atomic mass is 9.92. The maximum atomic E-state index is 12.2. The summed E-state index contributed by atoms with van der Waals surface area (Å²) >= 11 is 0. The summed E-state index contributed by atoms with van der Waals surface area (Å²) in [5.41, 5.74) is 0.698. The Hall–Kier alpha value is -3.15. The van der Waals surface area contributed by atoms with Gasteiger partial charge in [0.2, 0.25) is 5.91 Å². The molecule has 1 amide bonds. The predicted octanol–water partition coefficient (Wildman–Crippen LogP) is 3.10. The van der Waals surface area contributed by atoms with Crippen LogP contribution < -0.4 is 4.90 Å². The normalized spacial score (nSPS) is 18.4. The van der Waals surface area contributed by atoms with Crippen LogP contribution in [0.1, 0.15) is 52.4 Å². The number of hydrogen-bond donors (Lipinski definition) is 0. The van der Waals surface area contributed by atoms with E-state index >= 15 is 0 Å². The maximum Gasteiger partial charge on any atom is 0.307 e. The molecule has 1 aliphatic rings. The zero-order chi connectivity index (χ0) is 23.1. The first-order valence-electron chi connectivity index (χ1n) is 11.3. The third kappa shape index (κ3) is 5.36. The minimum absolute atomic E-state index is 0.0734. The molecule has 1 fully saturated rings. The Balaban J connectivity index is 1.74. The van der Waals surface area contributed by atoms with Crippen LogP contribution in [0.4, 0.5) is 5.82 Å². The number of amides is 1. The van der Waals surface area contributed by atoms with Crippen LogP contribution in [0.15, 0.2) is 18.6 Å². The van der Waals surface area contributed by atoms with Crippen molar-refractivity contribution in [2.45, 2.75) is 65.1 Å². The Morgan fingerprint density at radius 2 is 2.16 bits per heavy atom. The fraction of sp³-hybridized carbons (Fsp3) is 0.609. The Labute approximate surface area is 189 Å². The highest BCUT2D eigenvalue weighted by molar-refractivity contribution is 5.88. The van der Waals surface area contributed by atoms with Gasteiger partial charge in [-0.15, -0.1) is 0 Å². The Bertz CT molecular complexity index is 982. The van der Waals surface area contributed by atoms with E-state index in [2.05, 4.69) is 28.7 Å². The number of nitriles is 1. The molecule has 32 heavy (non-hydrogen) atoms. The predicted molar refractivity (Wildman–Crippen MR) is 121 cm³/mol. The van der Waals surface area contributed by atoms with Crippen LogP contribution >= 0.6 is 0 Å². The first kappa shape index (κ1) is 23.5. The molecule has 9 nitrogen and oxygen atoms in total. The Morgan fingerprint density at radius 1 is 1.34 bits per heavy atom. The summed E-state index contributed by atoms with van der Waals surface area (Å²) in [4.78, 5) is 37.0. The number of ether oxygens (including phenoxy) is 1. The molecule has 2 aromatic heterocycles. The summed E-state index contributed by atoms with van der Waals surface area (Å²) in [6.45, 7) is 5.62. The minimum Gasteiger partial charge on any atom is -0.444 e. The molecule has 2 atom stereocenters. The molecule has 0 radical (unpaired) electrons.